The van der Waals surface area contributed by atoms with Gasteiger partial charge in [0.25, 0.3) is 0 Å². The Kier molecular flexibility index (Phi) is 8.36. The third-order valence-electron chi connectivity index (χ3n) is 5.80. The van der Waals surface area contributed by atoms with Gasteiger partial charge in [-0.1, -0.05) is 35.9 Å². The Morgan fingerprint density at radius 2 is 1.84 bits per heavy atom. The third kappa shape index (κ3) is 6.81. The lowest BCUT2D eigenvalue weighted by Crippen LogP contribution is -2.39. The minimum atomic E-state index is -1.13. The summed E-state index contributed by atoms with van der Waals surface area (Å²) in [4.78, 5) is 19.1. The van der Waals surface area contributed by atoms with Crippen LogP contribution in [0, 0.1) is 6.92 Å². The van der Waals surface area contributed by atoms with Gasteiger partial charge in [0.1, 0.15) is 17.3 Å². The minimum Gasteiger partial charge on any atom is -0.476 e. The summed E-state index contributed by atoms with van der Waals surface area (Å²) in [5, 5.41) is 0.531. The molecule has 37 heavy (non-hydrogen) atoms. The molecule has 2 aromatic heterocycles. The maximum Gasteiger partial charge on any atom is 0.349 e. The average Bonchev–Trinajstić information content (AvgIpc) is 3.51. The summed E-state index contributed by atoms with van der Waals surface area (Å²) in [6.07, 6.45) is 1.66. The van der Waals surface area contributed by atoms with Crippen molar-refractivity contribution in [3.8, 4) is 17.2 Å². The van der Waals surface area contributed by atoms with Crippen LogP contribution in [0.15, 0.2) is 75.8 Å². The Labute approximate surface area is 222 Å². The molecule has 2 heterocycles. The highest BCUT2D eigenvalue weighted by Gasteiger charge is 2.31. The highest BCUT2D eigenvalue weighted by molar-refractivity contribution is 6.31. The van der Waals surface area contributed by atoms with Crippen molar-refractivity contribution in [1.29, 1.82) is 0 Å². The van der Waals surface area contributed by atoms with Crippen LogP contribution in [0.1, 0.15) is 43.5 Å². The fourth-order valence-electron chi connectivity index (χ4n) is 3.88. The molecule has 0 N–H and O–H groups in total. The fourth-order valence-corrected chi connectivity index (χ4v) is 4.11. The van der Waals surface area contributed by atoms with Crippen molar-refractivity contribution in [2.45, 2.75) is 52.9 Å². The molecule has 8 heteroatoms. The maximum absolute atomic E-state index is 12.2. The molecule has 0 saturated carbocycles. The van der Waals surface area contributed by atoms with Crippen LogP contribution in [-0.4, -0.2) is 28.1 Å². The van der Waals surface area contributed by atoms with Gasteiger partial charge in [-0.2, -0.15) is 0 Å². The molecule has 4 aromatic rings. The van der Waals surface area contributed by atoms with Gasteiger partial charge in [0.05, 0.1) is 25.1 Å². The molecule has 2 aromatic carbocycles. The summed E-state index contributed by atoms with van der Waals surface area (Å²) >= 11 is 6.66. The summed E-state index contributed by atoms with van der Waals surface area (Å²) < 4.78 is 22.6. The first-order valence-corrected chi connectivity index (χ1v) is 12.5. The summed E-state index contributed by atoms with van der Waals surface area (Å²) in [5.74, 6) is 2.24. The molecule has 0 aliphatic rings. The molecule has 194 valence electrons. The first-order chi connectivity index (χ1) is 17.7. The van der Waals surface area contributed by atoms with E-state index in [4.69, 9.17) is 34.9 Å². The van der Waals surface area contributed by atoms with E-state index in [2.05, 4.69) is 4.90 Å². The number of rotatable bonds is 11. The monoisotopic (exact) mass is 522 g/mol. The van der Waals surface area contributed by atoms with E-state index < -0.39 is 11.6 Å². The number of benzene rings is 2. The zero-order valence-corrected chi connectivity index (χ0v) is 22.2. The number of nitrogens with zero attached hydrogens (tertiary/aromatic N) is 2. The highest BCUT2D eigenvalue weighted by Crippen LogP contribution is 2.29. The number of carbonyl (C=O) groups is 1. The Morgan fingerprint density at radius 3 is 2.51 bits per heavy atom. The van der Waals surface area contributed by atoms with E-state index in [-0.39, 0.29) is 6.61 Å². The Balaban J connectivity index is 1.53. The number of hydrogen-bond acceptors (Lipinski definition) is 7. The molecule has 0 fully saturated rings. The summed E-state index contributed by atoms with van der Waals surface area (Å²) in [5.41, 5.74) is 1.54. The quantitative estimate of drug-likeness (QED) is 0.200. The number of hydrogen-bond donors (Lipinski definition) is 0. The Hall–Kier alpha value is -3.55. The number of oxazole rings is 1. The molecule has 0 spiro atoms. The molecule has 4 rings (SSSR count). The Bertz CT molecular complexity index is 1320. The predicted octanol–water partition coefficient (Wildman–Crippen LogP) is 6.82. The van der Waals surface area contributed by atoms with Crippen LogP contribution >= 0.6 is 11.6 Å². The molecule has 0 aliphatic heterocycles. The molecule has 0 atom stereocenters. The summed E-state index contributed by atoms with van der Waals surface area (Å²) in [6.45, 7) is 8.94. The van der Waals surface area contributed by atoms with E-state index in [1.165, 1.54) is 0 Å². The van der Waals surface area contributed by atoms with E-state index in [9.17, 15) is 4.79 Å². The third-order valence-corrected chi connectivity index (χ3v) is 6.16. The van der Waals surface area contributed by atoms with Gasteiger partial charge in [-0.15, -0.1) is 0 Å². The normalized spacial score (nSPS) is 11.6. The molecule has 0 radical (unpaired) electrons. The Morgan fingerprint density at radius 1 is 1.05 bits per heavy atom. The second-order valence-electron chi connectivity index (χ2n) is 9.20. The van der Waals surface area contributed by atoms with Crippen molar-refractivity contribution in [1.82, 2.24) is 9.88 Å². The summed E-state index contributed by atoms with van der Waals surface area (Å²) in [7, 11) is 0. The standard InChI is InChI=1S/C29H31ClN2O5/c1-5-34-28(33)29(3,4)37-23-14-13-22(25(30)16-23)17-32(18-24-12-9-15-35-24)19-26-20(2)36-27(31-26)21-10-7-6-8-11-21/h6-16H,5,17-19H2,1-4H3. The lowest BCUT2D eigenvalue weighted by Gasteiger charge is -2.25. The van der Waals surface area contributed by atoms with Crippen LogP contribution in [0.25, 0.3) is 11.5 Å². The van der Waals surface area contributed by atoms with Crippen LogP contribution in [0.4, 0.5) is 0 Å². The average molecular weight is 523 g/mol. The van der Waals surface area contributed by atoms with E-state index in [1.54, 1.807) is 33.1 Å². The highest BCUT2D eigenvalue weighted by atomic mass is 35.5. The maximum atomic E-state index is 12.2. The fraction of sp³-hybridized carbons (Fsp3) is 0.310. The van der Waals surface area contributed by atoms with Crippen molar-refractivity contribution < 1.29 is 23.1 Å². The zero-order valence-electron chi connectivity index (χ0n) is 21.5. The van der Waals surface area contributed by atoms with Crippen LogP contribution in [0.5, 0.6) is 5.75 Å². The van der Waals surface area contributed by atoms with Crippen LogP contribution in [0.3, 0.4) is 0 Å². The smallest absolute Gasteiger partial charge is 0.349 e. The molecule has 7 nitrogen and oxygen atoms in total. The van der Waals surface area contributed by atoms with Gasteiger partial charge in [-0.3, -0.25) is 4.90 Å². The molecule has 0 unspecified atom stereocenters. The van der Waals surface area contributed by atoms with Crippen molar-refractivity contribution in [2.24, 2.45) is 0 Å². The van der Waals surface area contributed by atoms with Crippen molar-refractivity contribution in [3.63, 3.8) is 0 Å². The second-order valence-corrected chi connectivity index (χ2v) is 9.61. The lowest BCUT2D eigenvalue weighted by molar-refractivity contribution is -0.158. The van der Waals surface area contributed by atoms with Crippen LogP contribution < -0.4 is 4.74 Å². The van der Waals surface area contributed by atoms with E-state index >= 15 is 0 Å². The second kappa shape index (κ2) is 11.7. The number of aryl methyl sites for hydroxylation is 1. The molecule has 0 amide bonds. The number of esters is 1. The van der Waals surface area contributed by atoms with Gasteiger partial charge in [-0.25, -0.2) is 9.78 Å². The molecular formula is C29H31ClN2O5. The van der Waals surface area contributed by atoms with E-state index in [0.29, 0.717) is 36.3 Å². The first-order valence-electron chi connectivity index (χ1n) is 12.2. The van der Waals surface area contributed by atoms with Gasteiger partial charge < -0.3 is 18.3 Å². The largest absolute Gasteiger partial charge is 0.476 e. The molecule has 0 bridgehead atoms. The van der Waals surface area contributed by atoms with Crippen LogP contribution in [-0.2, 0) is 29.2 Å². The topological polar surface area (TPSA) is 77.9 Å². The SMILES string of the molecule is CCOC(=O)C(C)(C)Oc1ccc(CN(Cc2ccco2)Cc2nc(-c3ccccc3)oc2C)c(Cl)c1. The van der Waals surface area contributed by atoms with Gasteiger partial charge in [0, 0.05) is 23.7 Å². The van der Waals surface area contributed by atoms with Crippen molar-refractivity contribution in [3.05, 3.63) is 94.7 Å². The van der Waals surface area contributed by atoms with Gasteiger partial charge in [0.2, 0.25) is 5.89 Å². The van der Waals surface area contributed by atoms with Crippen LogP contribution in [0.2, 0.25) is 5.02 Å². The molecular weight excluding hydrogens is 492 g/mol. The van der Waals surface area contributed by atoms with Crippen molar-refractivity contribution in [2.75, 3.05) is 6.61 Å². The lowest BCUT2D eigenvalue weighted by atomic mass is 10.1. The number of aromatic nitrogens is 1. The zero-order chi connectivity index (χ0) is 26.4. The minimum absolute atomic E-state index is 0.286. The van der Waals surface area contributed by atoms with Crippen molar-refractivity contribution >= 4 is 17.6 Å². The number of furan rings is 1. The number of ether oxygens (including phenoxy) is 2. The number of halogens is 1. The van der Waals surface area contributed by atoms with Gasteiger partial charge in [0.15, 0.2) is 5.60 Å². The molecule has 0 saturated heterocycles. The number of carbonyl (C=O) groups excluding carboxylic acids is 1. The van der Waals surface area contributed by atoms with Gasteiger partial charge in [-0.05, 0) is 69.7 Å². The predicted molar refractivity (Wildman–Crippen MR) is 141 cm³/mol. The first kappa shape index (κ1) is 26.5. The van der Waals surface area contributed by atoms with E-state index in [1.807, 2.05) is 61.5 Å². The molecule has 0 aliphatic carbocycles. The van der Waals surface area contributed by atoms with Gasteiger partial charge >= 0.3 is 5.97 Å². The summed E-state index contributed by atoms with van der Waals surface area (Å²) in [6, 6.07) is 19.1. The van der Waals surface area contributed by atoms with E-state index in [0.717, 1.165) is 28.3 Å².